The minimum absolute atomic E-state index is 0.156. The highest BCUT2D eigenvalue weighted by Gasteiger charge is 2.10. The van der Waals surface area contributed by atoms with Crippen molar-refractivity contribution in [3.8, 4) is 0 Å². The van der Waals surface area contributed by atoms with Crippen molar-refractivity contribution in [2.24, 2.45) is 0 Å². The van der Waals surface area contributed by atoms with E-state index in [2.05, 4.69) is 32.9 Å². The molecule has 0 aliphatic rings. The number of aromatic nitrogens is 3. The molecule has 1 heterocycles. The van der Waals surface area contributed by atoms with Gasteiger partial charge in [-0.25, -0.2) is 9.67 Å². The van der Waals surface area contributed by atoms with E-state index in [4.69, 9.17) is 0 Å². The summed E-state index contributed by atoms with van der Waals surface area (Å²) in [5.74, 6) is 0.908. The Kier molecular flexibility index (Phi) is 4.85. The van der Waals surface area contributed by atoms with Gasteiger partial charge in [0.2, 0.25) is 0 Å². The van der Waals surface area contributed by atoms with Crippen LogP contribution in [0.1, 0.15) is 24.7 Å². The largest absolute Gasteiger partial charge is 0.299 e. The number of nitrogens with zero attached hydrogens (tertiary/aromatic N) is 3. The molecule has 0 unspecified atom stereocenters. The minimum Gasteiger partial charge on any atom is -0.299 e. The van der Waals surface area contributed by atoms with Crippen molar-refractivity contribution in [2.75, 3.05) is 0 Å². The maximum Gasteiger partial charge on any atom is 0.144 e. The topological polar surface area (TPSA) is 47.8 Å². The molecule has 0 bridgehead atoms. The minimum atomic E-state index is 0.156. The normalized spacial score (nSPS) is 10.6. The highest BCUT2D eigenvalue weighted by atomic mass is 79.9. The summed E-state index contributed by atoms with van der Waals surface area (Å²) in [5.41, 5.74) is 1.01. The van der Waals surface area contributed by atoms with Crippen LogP contribution in [0.4, 0.5) is 0 Å². The maximum absolute atomic E-state index is 12.1. The molecule has 5 heteroatoms. The number of hydrogen-bond acceptors (Lipinski definition) is 3. The fraction of sp³-hybridized carbons (Fsp3) is 0.357. The van der Waals surface area contributed by atoms with Crippen LogP contribution < -0.4 is 0 Å². The SMILES string of the molecule is CCCn1ncnc1CC(=O)Cc1cccc(Br)c1. The molecule has 0 fully saturated rings. The van der Waals surface area contributed by atoms with Gasteiger partial charge in [0.05, 0.1) is 6.42 Å². The Morgan fingerprint density at radius 1 is 1.37 bits per heavy atom. The van der Waals surface area contributed by atoms with E-state index >= 15 is 0 Å². The first-order valence-corrected chi connectivity index (χ1v) is 7.11. The Morgan fingerprint density at radius 2 is 2.21 bits per heavy atom. The zero-order chi connectivity index (χ0) is 13.7. The van der Waals surface area contributed by atoms with Crippen LogP contribution in [0, 0.1) is 0 Å². The smallest absolute Gasteiger partial charge is 0.144 e. The first kappa shape index (κ1) is 13.9. The molecular formula is C14H16BrN3O. The molecule has 2 aromatic rings. The van der Waals surface area contributed by atoms with Crippen molar-refractivity contribution in [2.45, 2.75) is 32.7 Å². The second-order valence-electron chi connectivity index (χ2n) is 4.42. The molecule has 0 saturated heterocycles. The molecule has 1 aromatic carbocycles. The summed E-state index contributed by atoms with van der Waals surface area (Å²) in [5, 5.41) is 4.13. The second kappa shape index (κ2) is 6.61. The van der Waals surface area contributed by atoms with Crippen molar-refractivity contribution in [1.82, 2.24) is 14.8 Å². The van der Waals surface area contributed by atoms with Gasteiger partial charge in [-0.3, -0.25) is 4.79 Å². The number of benzene rings is 1. The molecule has 0 aliphatic carbocycles. The Morgan fingerprint density at radius 3 is 2.95 bits per heavy atom. The molecule has 2 rings (SSSR count). The van der Waals surface area contributed by atoms with E-state index in [-0.39, 0.29) is 5.78 Å². The lowest BCUT2D eigenvalue weighted by Crippen LogP contribution is -2.13. The third kappa shape index (κ3) is 3.99. The van der Waals surface area contributed by atoms with Gasteiger partial charge in [0.25, 0.3) is 0 Å². The Bertz CT molecular complexity index is 565. The lowest BCUT2D eigenvalue weighted by Gasteiger charge is -2.04. The van der Waals surface area contributed by atoms with Crippen LogP contribution in [-0.4, -0.2) is 20.5 Å². The first-order valence-electron chi connectivity index (χ1n) is 6.32. The van der Waals surface area contributed by atoms with Crippen molar-refractivity contribution in [1.29, 1.82) is 0 Å². The van der Waals surface area contributed by atoms with Gasteiger partial charge in [-0.2, -0.15) is 5.10 Å². The van der Waals surface area contributed by atoms with Crippen LogP contribution in [0.15, 0.2) is 35.1 Å². The van der Waals surface area contributed by atoms with E-state index in [0.29, 0.717) is 12.8 Å². The molecule has 0 radical (unpaired) electrons. The van der Waals surface area contributed by atoms with Gasteiger partial charge >= 0.3 is 0 Å². The van der Waals surface area contributed by atoms with Crippen molar-refractivity contribution in [3.05, 3.63) is 46.5 Å². The molecule has 1 aromatic heterocycles. The van der Waals surface area contributed by atoms with Crippen molar-refractivity contribution >= 4 is 21.7 Å². The molecule has 0 atom stereocenters. The summed E-state index contributed by atoms with van der Waals surface area (Å²) in [6.07, 6.45) is 3.26. The standard InChI is InChI=1S/C14H16BrN3O/c1-2-6-18-14(16-10-17-18)9-13(19)8-11-4-3-5-12(15)7-11/h3-5,7,10H,2,6,8-9H2,1H3. The predicted octanol–water partition coefficient (Wildman–Crippen LogP) is 2.80. The lowest BCUT2D eigenvalue weighted by molar-refractivity contribution is -0.117. The first-order chi connectivity index (χ1) is 9.19. The molecular weight excluding hydrogens is 306 g/mol. The van der Waals surface area contributed by atoms with Gasteiger partial charge in [0.15, 0.2) is 0 Å². The highest BCUT2D eigenvalue weighted by Crippen LogP contribution is 2.13. The van der Waals surface area contributed by atoms with Crippen LogP contribution in [0.3, 0.4) is 0 Å². The van der Waals surface area contributed by atoms with E-state index in [0.717, 1.165) is 28.8 Å². The number of carbonyl (C=O) groups is 1. The average Bonchev–Trinajstić information content (AvgIpc) is 2.77. The van der Waals surface area contributed by atoms with Gasteiger partial charge in [-0.1, -0.05) is 35.0 Å². The van der Waals surface area contributed by atoms with E-state index in [9.17, 15) is 4.79 Å². The lowest BCUT2D eigenvalue weighted by atomic mass is 10.1. The molecule has 100 valence electrons. The molecule has 0 N–H and O–H groups in total. The summed E-state index contributed by atoms with van der Waals surface area (Å²) in [6.45, 7) is 2.88. The summed E-state index contributed by atoms with van der Waals surface area (Å²) in [4.78, 5) is 16.2. The van der Waals surface area contributed by atoms with E-state index < -0.39 is 0 Å². The fourth-order valence-electron chi connectivity index (χ4n) is 1.94. The van der Waals surface area contributed by atoms with Crippen molar-refractivity contribution in [3.63, 3.8) is 0 Å². The van der Waals surface area contributed by atoms with Gasteiger partial charge < -0.3 is 0 Å². The van der Waals surface area contributed by atoms with E-state index in [1.165, 1.54) is 6.33 Å². The number of carbonyl (C=O) groups excluding carboxylic acids is 1. The quantitative estimate of drug-likeness (QED) is 0.822. The van der Waals surface area contributed by atoms with Crippen LogP contribution in [-0.2, 0) is 24.2 Å². The monoisotopic (exact) mass is 321 g/mol. The van der Waals surface area contributed by atoms with E-state index in [1.807, 2.05) is 24.3 Å². The predicted molar refractivity (Wildman–Crippen MR) is 76.9 cm³/mol. The van der Waals surface area contributed by atoms with Gasteiger partial charge in [0, 0.05) is 17.4 Å². The Balaban J connectivity index is 1.99. The summed E-state index contributed by atoms with van der Waals surface area (Å²) in [6, 6.07) is 7.81. The van der Waals surface area contributed by atoms with Crippen LogP contribution in [0.25, 0.3) is 0 Å². The maximum atomic E-state index is 12.1. The van der Waals surface area contributed by atoms with E-state index in [1.54, 1.807) is 4.68 Å². The molecule has 0 spiro atoms. The van der Waals surface area contributed by atoms with Gasteiger partial charge in [-0.15, -0.1) is 0 Å². The zero-order valence-electron chi connectivity index (χ0n) is 10.8. The molecule has 19 heavy (non-hydrogen) atoms. The summed E-state index contributed by atoms with van der Waals surface area (Å²) in [7, 11) is 0. The average molecular weight is 322 g/mol. The number of ketones is 1. The Labute approximate surface area is 121 Å². The molecule has 0 aliphatic heterocycles. The van der Waals surface area contributed by atoms with Crippen LogP contribution >= 0.6 is 15.9 Å². The van der Waals surface area contributed by atoms with Gasteiger partial charge in [0.1, 0.15) is 17.9 Å². The fourth-order valence-corrected chi connectivity index (χ4v) is 2.38. The number of rotatable bonds is 6. The third-order valence-electron chi connectivity index (χ3n) is 2.78. The zero-order valence-corrected chi connectivity index (χ0v) is 12.4. The number of aryl methyl sites for hydroxylation is 1. The molecule has 0 amide bonds. The van der Waals surface area contributed by atoms with Gasteiger partial charge in [-0.05, 0) is 24.1 Å². The summed E-state index contributed by atoms with van der Waals surface area (Å²) < 4.78 is 2.80. The van der Waals surface area contributed by atoms with Crippen LogP contribution in [0.2, 0.25) is 0 Å². The van der Waals surface area contributed by atoms with Crippen LogP contribution in [0.5, 0.6) is 0 Å². The third-order valence-corrected chi connectivity index (χ3v) is 3.27. The number of Topliss-reactive ketones (excluding diaryl/α,β-unsaturated/α-hetero) is 1. The molecule has 0 saturated carbocycles. The highest BCUT2D eigenvalue weighted by molar-refractivity contribution is 9.10. The Hall–Kier alpha value is -1.49. The number of hydrogen-bond donors (Lipinski definition) is 0. The second-order valence-corrected chi connectivity index (χ2v) is 5.34. The summed E-state index contributed by atoms with van der Waals surface area (Å²) >= 11 is 3.41. The number of halogens is 1. The molecule has 4 nitrogen and oxygen atoms in total. The van der Waals surface area contributed by atoms with Crippen molar-refractivity contribution < 1.29 is 4.79 Å².